The quantitative estimate of drug-likeness (QED) is 0.613. The van der Waals surface area contributed by atoms with E-state index in [4.69, 9.17) is 0 Å². The van der Waals surface area contributed by atoms with E-state index in [2.05, 4.69) is 18.2 Å². The molecule has 0 aromatic heterocycles. The number of hydrogen-bond acceptors (Lipinski definition) is 1. The lowest BCUT2D eigenvalue weighted by Crippen LogP contribution is -2.42. The van der Waals surface area contributed by atoms with Crippen LogP contribution in [0.2, 0.25) is 0 Å². The fourth-order valence-electron chi connectivity index (χ4n) is 1.80. The van der Waals surface area contributed by atoms with Crippen molar-refractivity contribution in [2.24, 2.45) is 0 Å². The number of nitrogens with zero attached hydrogens (tertiary/aromatic N) is 2. The summed E-state index contributed by atoms with van der Waals surface area (Å²) >= 11 is 0. The van der Waals surface area contributed by atoms with Crippen LogP contribution < -0.4 is 4.90 Å². The highest BCUT2D eigenvalue weighted by Gasteiger charge is 2.24. The van der Waals surface area contributed by atoms with Crippen LogP contribution in [0.1, 0.15) is 11.1 Å². The molecule has 0 spiro atoms. The van der Waals surface area contributed by atoms with Gasteiger partial charge < -0.3 is 4.90 Å². The van der Waals surface area contributed by atoms with Crippen LogP contribution in [0, 0.1) is 6.92 Å². The zero-order valence-electron chi connectivity index (χ0n) is 8.74. The van der Waals surface area contributed by atoms with E-state index in [9.17, 15) is 4.79 Å². The number of urea groups is 1. The van der Waals surface area contributed by atoms with Gasteiger partial charge in [-0.1, -0.05) is 12.1 Å². The molecular formula is C11H14N2O. The van der Waals surface area contributed by atoms with Gasteiger partial charge in [0.05, 0.1) is 5.69 Å². The molecule has 14 heavy (non-hydrogen) atoms. The summed E-state index contributed by atoms with van der Waals surface area (Å²) in [7, 11) is 3.64. The number of fused-ring (bicyclic) bond motifs is 1. The minimum atomic E-state index is 0.0584. The lowest BCUT2D eigenvalue weighted by Gasteiger charge is -2.32. The molecular weight excluding hydrogens is 176 g/mol. The summed E-state index contributed by atoms with van der Waals surface area (Å²) < 4.78 is 0. The highest BCUT2D eigenvalue weighted by atomic mass is 16.2. The maximum absolute atomic E-state index is 11.7. The van der Waals surface area contributed by atoms with Gasteiger partial charge in [0.25, 0.3) is 0 Å². The summed E-state index contributed by atoms with van der Waals surface area (Å²) in [6, 6.07) is 6.28. The standard InChI is InChI=1S/C11H14N2O/c1-8-4-5-9-7-12(2)11(14)13(3)10(9)6-8/h4-6H,7H2,1-3H3. The Morgan fingerprint density at radius 2 is 2.00 bits per heavy atom. The lowest BCUT2D eigenvalue weighted by atomic mass is 10.1. The number of anilines is 1. The first-order valence-electron chi connectivity index (χ1n) is 4.68. The second-order valence-corrected chi connectivity index (χ2v) is 3.83. The van der Waals surface area contributed by atoms with Crippen molar-refractivity contribution in [1.82, 2.24) is 4.90 Å². The molecule has 2 rings (SSSR count). The van der Waals surface area contributed by atoms with Crippen LogP contribution in [-0.4, -0.2) is 25.0 Å². The Kier molecular flexibility index (Phi) is 1.95. The first kappa shape index (κ1) is 9.06. The van der Waals surface area contributed by atoms with Crippen molar-refractivity contribution in [3.8, 4) is 0 Å². The number of hydrogen-bond donors (Lipinski definition) is 0. The third kappa shape index (κ3) is 1.25. The topological polar surface area (TPSA) is 23.6 Å². The highest BCUT2D eigenvalue weighted by molar-refractivity contribution is 5.94. The van der Waals surface area contributed by atoms with Gasteiger partial charge in [0.15, 0.2) is 0 Å². The minimum absolute atomic E-state index is 0.0584. The van der Waals surface area contributed by atoms with Crippen LogP contribution in [0.5, 0.6) is 0 Å². The molecule has 2 amide bonds. The maximum atomic E-state index is 11.7. The number of benzene rings is 1. The average Bonchev–Trinajstić information content (AvgIpc) is 2.16. The number of amides is 2. The van der Waals surface area contributed by atoms with Gasteiger partial charge in [-0.15, -0.1) is 0 Å². The van der Waals surface area contributed by atoms with Gasteiger partial charge in [-0.25, -0.2) is 4.79 Å². The van der Waals surface area contributed by atoms with Crippen LogP contribution in [-0.2, 0) is 6.54 Å². The van der Waals surface area contributed by atoms with Gasteiger partial charge in [0.1, 0.15) is 0 Å². The third-order valence-corrected chi connectivity index (χ3v) is 2.62. The fourth-order valence-corrected chi connectivity index (χ4v) is 1.80. The van der Waals surface area contributed by atoms with E-state index in [0.29, 0.717) is 6.54 Å². The number of rotatable bonds is 0. The first-order valence-corrected chi connectivity index (χ1v) is 4.68. The number of aryl methyl sites for hydroxylation is 1. The van der Waals surface area contributed by atoms with E-state index < -0.39 is 0 Å². The number of carbonyl (C=O) groups excluding carboxylic acids is 1. The summed E-state index contributed by atoms with van der Waals surface area (Å²) in [5.74, 6) is 0. The molecule has 3 nitrogen and oxygen atoms in total. The van der Waals surface area contributed by atoms with Crippen LogP contribution in [0.3, 0.4) is 0 Å². The molecule has 1 aromatic carbocycles. The van der Waals surface area contributed by atoms with E-state index in [1.807, 2.05) is 21.0 Å². The van der Waals surface area contributed by atoms with E-state index in [1.54, 1.807) is 9.80 Å². The van der Waals surface area contributed by atoms with Crippen LogP contribution in [0.15, 0.2) is 18.2 Å². The molecule has 0 unspecified atom stereocenters. The van der Waals surface area contributed by atoms with Crippen molar-refractivity contribution in [1.29, 1.82) is 0 Å². The molecule has 0 fully saturated rings. The fraction of sp³-hybridized carbons (Fsp3) is 0.364. The van der Waals surface area contributed by atoms with Crippen molar-refractivity contribution in [2.75, 3.05) is 19.0 Å². The predicted octanol–water partition coefficient (Wildman–Crippen LogP) is 2.00. The van der Waals surface area contributed by atoms with Gasteiger partial charge >= 0.3 is 6.03 Å². The van der Waals surface area contributed by atoms with Crippen LogP contribution >= 0.6 is 0 Å². The molecule has 0 aliphatic carbocycles. The Morgan fingerprint density at radius 1 is 1.29 bits per heavy atom. The van der Waals surface area contributed by atoms with E-state index in [1.165, 1.54) is 11.1 Å². The molecule has 3 heteroatoms. The molecule has 1 aromatic rings. The van der Waals surface area contributed by atoms with Crippen molar-refractivity contribution >= 4 is 11.7 Å². The van der Waals surface area contributed by atoms with Gasteiger partial charge in [-0.2, -0.15) is 0 Å². The van der Waals surface area contributed by atoms with Gasteiger partial charge in [0.2, 0.25) is 0 Å². The Morgan fingerprint density at radius 3 is 2.71 bits per heavy atom. The molecule has 0 radical (unpaired) electrons. The van der Waals surface area contributed by atoms with Crippen molar-refractivity contribution in [2.45, 2.75) is 13.5 Å². The van der Waals surface area contributed by atoms with Crippen LogP contribution in [0.4, 0.5) is 10.5 Å². The predicted molar refractivity (Wildman–Crippen MR) is 56.4 cm³/mol. The minimum Gasteiger partial charge on any atom is -0.323 e. The SMILES string of the molecule is Cc1ccc2c(c1)N(C)C(=O)N(C)C2. The molecule has 0 bridgehead atoms. The molecule has 0 saturated heterocycles. The first-order chi connectivity index (χ1) is 6.59. The van der Waals surface area contributed by atoms with E-state index in [-0.39, 0.29) is 6.03 Å². The highest BCUT2D eigenvalue weighted by Crippen LogP contribution is 2.27. The Balaban J connectivity index is 2.51. The van der Waals surface area contributed by atoms with Crippen LogP contribution in [0.25, 0.3) is 0 Å². The van der Waals surface area contributed by atoms with E-state index in [0.717, 1.165) is 5.69 Å². The second-order valence-electron chi connectivity index (χ2n) is 3.83. The summed E-state index contributed by atoms with van der Waals surface area (Å²) in [6.07, 6.45) is 0. The smallest absolute Gasteiger partial charge is 0.323 e. The Hall–Kier alpha value is -1.51. The third-order valence-electron chi connectivity index (χ3n) is 2.62. The molecule has 0 N–H and O–H groups in total. The largest absolute Gasteiger partial charge is 0.324 e. The zero-order valence-corrected chi connectivity index (χ0v) is 8.74. The van der Waals surface area contributed by atoms with E-state index >= 15 is 0 Å². The van der Waals surface area contributed by atoms with Crippen molar-refractivity contribution in [3.05, 3.63) is 29.3 Å². The molecule has 1 aliphatic rings. The summed E-state index contributed by atoms with van der Waals surface area (Å²) in [5, 5.41) is 0. The zero-order chi connectivity index (χ0) is 10.3. The van der Waals surface area contributed by atoms with Crippen molar-refractivity contribution < 1.29 is 4.79 Å². The summed E-state index contributed by atoms with van der Waals surface area (Å²) in [6.45, 7) is 2.75. The van der Waals surface area contributed by atoms with Crippen molar-refractivity contribution in [3.63, 3.8) is 0 Å². The molecule has 0 saturated carbocycles. The molecule has 0 atom stereocenters. The van der Waals surface area contributed by atoms with Gasteiger partial charge in [-0.3, -0.25) is 4.90 Å². The van der Waals surface area contributed by atoms with Gasteiger partial charge in [-0.05, 0) is 24.1 Å². The summed E-state index contributed by atoms with van der Waals surface area (Å²) in [5.41, 5.74) is 3.43. The Labute approximate surface area is 83.9 Å². The monoisotopic (exact) mass is 190 g/mol. The molecule has 1 aliphatic heterocycles. The Bertz CT molecular complexity index is 387. The second kappa shape index (κ2) is 3.01. The normalized spacial score (nSPS) is 15.8. The lowest BCUT2D eigenvalue weighted by molar-refractivity contribution is 0.212. The molecule has 1 heterocycles. The number of carbonyl (C=O) groups is 1. The summed E-state index contributed by atoms with van der Waals surface area (Å²) in [4.78, 5) is 15.1. The average molecular weight is 190 g/mol. The molecule has 74 valence electrons. The maximum Gasteiger partial charge on any atom is 0.324 e. The van der Waals surface area contributed by atoms with Gasteiger partial charge in [0, 0.05) is 20.6 Å².